The quantitative estimate of drug-likeness (QED) is 0.638. The third-order valence-corrected chi connectivity index (χ3v) is 5.46. The van der Waals surface area contributed by atoms with Gasteiger partial charge in [0.15, 0.2) is 5.78 Å². The lowest BCUT2D eigenvalue weighted by Gasteiger charge is -2.21. The van der Waals surface area contributed by atoms with Crippen LogP contribution in [0.3, 0.4) is 0 Å². The number of carbonyl (C=O) groups excluding carboxylic acids is 3. The third-order valence-electron chi connectivity index (χ3n) is 4.08. The number of aryl methyl sites for hydroxylation is 1. The van der Waals surface area contributed by atoms with Gasteiger partial charge < -0.3 is 15.4 Å². The van der Waals surface area contributed by atoms with Gasteiger partial charge in [0.25, 0.3) is 0 Å². The number of amides is 2. The van der Waals surface area contributed by atoms with Crippen LogP contribution in [0.2, 0.25) is 5.02 Å². The fourth-order valence-electron chi connectivity index (χ4n) is 2.50. The van der Waals surface area contributed by atoms with Gasteiger partial charge in [-0.15, -0.1) is 11.3 Å². The molecule has 0 aliphatic heterocycles. The summed E-state index contributed by atoms with van der Waals surface area (Å²) in [5.74, 6) is -0.645. The lowest BCUT2D eigenvalue weighted by molar-refractivity contribution is -0.117. The monoisotopic (exact) mass is 436 g/mol. The molecule has 0 aliphatic rings. The number of rotatable bonds is 5. The second kappa shape index (κ2) is 8.97. The minimum Gasteiger partial charge on any atom is -0.444 e. The minimum atomic E-state index is -0.842. The van der Waals surface area contributed by atoms with Gasteiger partial charge in [0, 0.05) is 15.5 Å². The molecule has 0 radical (unpaired) electrons. The molecule has 1 atom stereocenters. The standard InChI is InChI=1S/C21H25ClN2O4S/c1-11-13(3)29-19(16(11)17(25)14-7-9-15(22)10-8-14)24-18(26)12(2)23-20(27)28-21(4,5)6/h7-10,12H,1-6H3,(H,23,27)(H,24,26)/t12-/m0/s1. The molecule has 29 heavy (non-hydrogen) atoms. The summed E-state index contributed by atoms with van der Waals surface area (Å²) in [7, 11) is 0. The van der Waals surface area contributed by atoms with Gasteiger partial charge in [-0.3, -0.25) is 9.59 Å². The van der Waals surface area contributed by atoms with E-state index in [9.17, 15) is 14.4 Å². The predicted octanol–water partition coefficient (Wildman–Crippen LogP) is 5.10. The van der Waals surface area contributed by atoms with Gasteiger partial charge in [0.2, 0.25) is 5.91 Å². The SMILES string of the molecule is Cc1sc(NC(=O)[C@H](C)NC(=O)OC(C)(C)C)c(C(=O)c2ccc(Cl)cc2)c1C. The Morgan fingerprint density at radius 3 is 2.24 bits per heavy atom. The van der Waals surface area contributed by atoms with Crippen molar-refractivity contribution in [2.24, 2.45) is 0 Å². The summed E-state index contributed by atoms with van der Waals surface area (Å²) in [5.41, 5.74) is 1.05. The second-order valence-corrected chi connectivity index (χ2v) is 9.34. The maximum absolute atomic E-state index is 13.0. The molecule has 1 heterocycles. The van der Waals surface area contributed by atoms with Crippen molar-refractivity contribution >= 4 is 45.7 Å². The molecular formula is C21H25ClN2O4S. The number of hydrogen-bond acceptors (Lipinski definition) is 5. The van der Waals surface area contributed by atoms with E-state index in [1.165, 1.54) is 11.3 Å². The van der Waals surface area contributed by atoms with Crippen LogP contribution in [0.4, 0.5) is 9.80 Å². The van der Waals surface area contributed by atoms with Crippen molar-refractivity contribution in [2.45, 2.75) is 53.2 Å². The van der Waals surface area contributed by atoms with Crippen molar-refractivity contribution in [2.75, 3.05) is 5.32 Å². The molecule has 2 aromatic rings. The van der Waals surface area contributed by atoms with E-state index < -0.39 is 23.6 Å². The van der Waals surface area contributed by atoms with E-state index in [-0.39, 0.29) is 5.78 Å². The van der Waals surface area contributed by atoms with Gasteiger partial charge in [-0.05, 0) is 71.4 Å². The summed E-state index contributed by atoms with van der Waals surface area (Å²) in [4.78, 5) is 38.4. The van der Waals surface area contributed by atoms with E-state index in [0.717, 1.165) is 10.4 Å². The maximum Gasteiger partial charge on any atom is 0.408 e. The highest BCUT2D eigenvalue weighted by molar-refractivity contribution is 7.16. The normalized spacial score (nSPS) is 12.2. The van der Waals surface area contributed by atoms with E-state index in [4.69, 9.17) is 16.3 Å². The number of ketones is 1. The lowest BCUT2D eigenvalue weighted by Crippen LogP contribution is -2.44. The first-order chi connectivity index (χ1) is 13.4. The van der Waals surface area contributed by atoms with Crippen LogP contribution in [0.15, 0.2) is 24.3 Å². The average molecular weight is 437 g/mol. The Morgan fingerprint density at radius 1 is 1.10 bits per heavy atom. The van der Waals surface area contributed by atoms with Gasteiger partial charge in [-0.1, -0.05) is 11.6 Å². The van der Waals surface area contributed by atoms with E-state index in [1.54, 1.807) is 52.0 Å². The Hall–Kier alpha value is -2.38. The van der Waals surface area contributed by atoms with E-state index in [2.05, 4.69) is 10.6 Å². The smallest absolute Gasteiger partial charge is 0.408 e. The molecule has 1 aromatic heterocycles. The zero-order valence-corrected chi connectivity index (χ0v) is 18.9. The highest BCUT2D eigenvalue weighted by Crippen LogP contribution is 2.34. The molecule has 6 nitrogen and oxygen atoms in total. The molecule has 2 rings (SSSR count). The van der Waals surface area contributed by atoms with Crippen LogP contribution in [0.25, 0.3) is 0 Å². The number of alkyl carbamates (subject to hydrolysis) is 1. The van der Waals surface area contributed by atoms with Crippen LogP contribution in [0.1, 0.15) is 54.1 Å². The van der Waals surface area contributed by atoms with Crippen LogP contribution in [0, 0.1) is 13.8 Å². The van der Waals surface area contributed by atoms with Crippen molar-refractivity contribution in [3.63, 3.8) is 0 Å². The third kappa shape index (κ3) is 6.05. The number of hydrogen-bond donors (Lipinski definition) is 2. The summed E-state index contributed by atoms with van der Waals surface area (Å²) in [6.07, 6.45) is -0.684. The van der Waals surface area contributed by atoms with Gasteiger partial charge >= 0.3 is 6.09 Å². The summed E-state index contributed by atoms with van der Waals surface area (Å²) in [6.45, 7) is 10.5. The molecule has 0 bridgehead atoms. The van der Waals surface area contributed by atoms with Gasteiger partial charge in [-0.2, -0.15) is 0 Å². The molecule has 1 aromatic carbocycles. The van der Waals surface area contributed by atoms with Crippen molar-refractivity contribution in [1.29, 1.82) is 0 Å². The van der Waals surface area contributed by atoms with Gasteiger partial charge in [-0.25, -0.2) is 4.79 Å². The predicted molar refractivity (Wildman–Crippen MR) is 116 cm³/mol. The average Bonchev–Trinajstić information content (AvgIpc) is 2.87. The summed E-state index contributed by atoms with van der Waals surface area (Å²) in [6, 6.07) is 5.75. The number of anilines is 1. The van der Waals surface area contributed by atoms with Crippen LogP contribution in [-0.2, 0) is 9.53 Å². The zero-order chi connectivity index (χ0) is 21.9. The number of ether oxygens (including phenoxy) is 1. The first-order valence-corrected chi connectivity index (χ1v) is 10.3. The van der Waals surface area contributed by atoms with Crippen LogP contribution in [0.5, 0.6) is 0 Å². The first-order valence-electron chi connectivity index (χ1n) is 9.09. The van der Waals surface area contributed by atoms with E-state index in [1.807, 2.05) is 13.8 Å². The molecule has 156 valence electrons. The Bertz CT molecular complexity index is 929. The number of carbonyl (C=O) groups is 3. The largest absolute Gasteiger partial charge is 0.444 e. The Labute approximate surface area is 179 Å². The molecule has 2 amide bonds. The highest BCUT2D eigenvalue weighted by Gasteiger charge is 2.25. The van der Waals surface area contributed by atoms with Crippen LogP contribution >= 0.6 is 22.9 Å². The van der Waals surface area contributed by atoms with Gasteiger partial charge in [0.1, 0.15) is 16.6 Å². The molecule has 0 saturated heterocycles. The molecule has 8 heteroatoms. The Kier molecular flexibility index (Phi) is 7.08. The molecule has 0 spiro atoms. The first kappa shape index (κ1) is 22.9. The van der Waals surface area contributed by atoms with Gasteiger partial charge in [0.05, 0.1) is 5.56 Å². The summed E-state index contributed by atoms with van der Waals surface area (Å²) < 4.78 is 5.17. The van der Waals surface area contributed by atoms with Crippen LogP contribution < -0.4 is 10.6 Å². The topological polar surface area (TPSA) is 84.5 Å². The van der Waals surface area contributed by atoms with Crippen molar-refractivity contribution in [1.82, 2.24) is 5.32 Å². The molecule has 0 unspecified atom stereocenters. The van der Waals surface area contributed by atoms with Crippen LogP contribution in [-0.4, -0.2) is 29.4 Å². The Morgan fingerprint density at radius 2 is 1.69 bits per heavy atom. The zero-order valence-electron chi connectivity index (χ0n) is 17.3. The summed E-state index contributed by atoms with van der Waals surface area (Å²) >= 11 is 7.22. The number of benzene rings is 1. The Balaban J connectivity index is 2.20. The minimum absolute atomic E-state index is 0.202. The second-order valence-electron chi connectivity index (χ2n) is 7.68. The molecular weight excluding hydrogens is 412 g/mol. The fourth-order valence-corrected chi connectivity index (χ4v) is 3.69. The molecule has 0 aliphatic carbocycles. The van der Waals surface area contributed by atoms with Crippen molar-refractivity contribution < 1.29 is 19.1 Å². The molecule has 0 saturated carbocycles. The molecule has 0 fully saturated rings. The number of halogens is 1. The summed E-state index contributed by atoms with van der Waals surface area (Å²) in [5, 5.41) is 6.25. The highest BCUT2D eigenvalue weighted by atomic mass is 35.5. The van der Waals surface area contributed by atoms with Crippen molar-refractivity contribution in [3.8, 4) is 0 Å². The number of thiophene rings is 1. The fraction of sp³-hybridized carbons (Fsp3) is 0.381. The van der Waals surface area contributed by atoms with E-state index in [0.29, 0.717) is 21.2 Å². The molecule has 2 N–H and O–H groups in total. The van der Waals surface area contributed by atoms with E-state index >= 15 is 0 Å². The van der Waals surface area contributed by atoms with Crippen molar-refractivity contribution in [3.05, 3.63) is 50.9 Å². The maximum atomic E-state index is 13.0. The lowest BCUT2D eigenvalue weighted by atomic mass is 10.0. The number of nitrogens with one attached hydrogen (secondary N) is 2.